The smallest absolute Gasteiger partial charge is 0.337 e. The highest BCUT2D eigenvalue weighted by Gasteiger charge is 2.27. The molecule has 0 spiro atoms. The number of carboxylic acid groups (broad SMARTS) is 1. The molecule has 4 aromatic carbocycles. The number of ether oxygens (including phenoxy) is 2. The fraction of sp³-hybridized carbons (Fsp3) is 0.188. The monoisotopic (exact) mass is 654 g/mol. The molecule has 9 nitrogen and oxygen atoms in total. The van der Waals surface area contributed by atoms with Crippen molar-refractivity contribution in [3.8, 4) is 17.2 Å². The molecule has 3 N–H and O–H groups in total. The summed E-state index contributed by atoms with van der Waals surface area (Å²) < 4.78 is 40.3. The molecular formula is C32H28Cl2N2O7S. The largest absolute Gasteiger partial charge is 0.490 e. The van der Waals surface area contributed by atoms with Crippen LogP contribution in [0.15, 0.2) is 95.9 Å². The van der Waals surface area contributed by atoms with Gasteiger partial charge in [0.25, 0.3) is 5.91 Å². The maximum atomic E-state index is 12.8. The number of carbonyl (C=O) groups excluding carboxylic acids is 1. The average molecular weight is 656 g/mol. The highest BCUT2D eigenvalue weighted by molar-refractivity contribution is 7.89. The molecule has 0 bridgehead atoms. The molecule has 0 atom stereocenters. The minimum atomic E-state index is -3.72. The lowest BCUT2D eigenvalue weighted by atomic mass is 9.94. The third-order valence-electron chi connectivity index (χ3n) is 7.08. The van der Waals surface area contributed by atoms with Gasteiger partial charge >= 0.3 is 5.97 Å². The van der Waals surface area contributed by atoms with Gasteiger partial charge in [0.15, 0.2) is 0 Å². The summed E-state index contributed by atoms with van der Waals surface area (Å²) in [5.74, 6) is 0.194. The van der Waals surface area contributed by atoms with Gasteiger partial charge in [0, 0.05) is 11.6 Å². The van der Waals surface area contributed by atoms with Crippen LogP contribution in [0.3, 0.4) is 0 Å². The molecule has 0 heterocycles. The third-order valence-corrected chi connectivity index (χ3v) is 9.34. The number of amides is 1. The second-order valence-electron chi connectivity index (χ2n) is 10.2. The van der Waals surface area contributed by atoms with E-state index in [-0.39, 0.29) is 33.3 Å². The SMILES string of the molecule is O=C(Nc1ccccc1C(=O)O)c1ccc(Oc2ccc(OC3CCC(NS(=O)(=O)c4ccc(Cl)c(Cl)c4)CC3)cc2)cc1. The second kappa shape index (κ2) is 13.7. The van der Waals surface area contributed by atoms with Gasteiger partial charge in [-0.05, 0) is 105 Å². The number of benzene rings is 4. The number of halogens is 2. The summed E-state index contributed by atoms with van der Waals surface area (Å²) in [6, 6.07) is 23.8. The maximum absolute atomic E-state index is 12.8. The molecule has 1 fully saturated rings. The van der Waals surface area contributed by atoms with Crippen molar-refractivity contribution in [1.82, 2.24) is 4.72 Å². The summed E-state index contributed by atoms with van der Waals surface area (Å²) in [6.45, 7) is 0. The van der Waals surface area contributed by atoms with Gasteiger partial charge in [-0.1, -0.05) is 35.3 Å². The van der Waals surface area contributed by atoms with Crippen molar-refractivity contribution in [2.45, 2.75) is 42.7 Å². The maximum Gasteiger partial charge on any atom is 0.337 e. The van der Waals surface area contributed by atoms with E-state index >= 15 is 0 Å². The summed E-state index contributed by atoms with van der Waals surface area (Å²) in [7, 11) is -3.72. The first-order valence-electron chi connectivity index (χ1n) is 13.7. The molecular weight excluding hydrogens is 627 g/mol. The number of sulfonamides is 1. The van der Waals surface area contributed by atoms with E-state index in [9.17, 15) is 23.1 Å². The van der Waals surface area contributed by atoms with Crippen LogP contribution < -0.4 is 19.5 Å². The summed E-state index contributed by atoms with van der Waals surface area (Å²) in [5.41, 5.74) is 0.563. The van der Waals surface area contributed by atoms with Gasteiger partial charge in [-0.2, -0.15) is 0 Å². The number of carboxylic acids is 1. The van der Waals surface area contributed by atoms with Crippen molar-refractivity contribution in [3.05, 3.63) is 112 Å². The van der Waals surface area contributed by atoms with Gasteiger partial charge in [-0.15, -0.1) is 0 Å². The van der Waals surface area contributed by atoms with E-state index in [1.165, 1.54) is 30.3 Å². The highest BCUT2D eigenvalue weighted by Crippen LogP contribution is 2.29. The van der Waals surface area contributed by atoms with Crippen LogP contribution in [-0.2, 0) is 10.0 Å². The van der Waals surface area contributed by atoms with Crippen LogP contribution in [0.2, 0.25) is 10.0 Å². The predicted molar refractivity (Wildman–Crippen MR) is 168 cm³/mol. The molecule has 0 saturated heterocycles. The van der Waals surface area contributed by atoms with Crippen LogP contribution in [0, 0.1) is 0 Å². The lowest BCUT2D eigenvalue weighted by Gasteiger charge is -2.29. The number of aromatic carboxylic acids is 1. The average Bonchev–Trinajstić information content (AvgIpc) is 3.01. The molecule has 0 unspecified atom stereocenters. The van der Waals surface area contributed by atoms with E-state index in [0.29, 0.717) is 53.5 Å². The molecule has 228 valence electrons. The van der Waals surface area contributed by atoms with E-state index in [2.05, 4.69) is 10.0 Å². The Morgan fingerprint density at radius 3 is 2.02 bits per heavy atom. The quantitative estimate of drug-likeness (QED) is 0.162. The Balaban J connectivity index is 1.10. The van der Waals surface area contributed by atoms with Crippen LogP contribution >= 0.6 is 23.2 Å². The Morgan fingerprint density at radius 2 is 1.39 bits per heavy atom. The summed E-state index contributed by atoms with van der Waals surface area (Å²) in [5, 5.41) is 12.4. The zero-order valence-corrected chi connectivity index (χ0v) is 25.5. The number of hydrogen-bond acceptors (Lipinski definition) is 6. The van der Waals surface area contributed by atoms with Crippen LogP contribution in [0.5, 0.6) is 17.2 Å². The van der Waals surface area contributed by atoms with E-state index in [0.717, 1.165) is 0 Å². The number of nitrogens with one attached hydrogen (secondary N) is 2. The second-order valence-corrected chi connectivity index (χ2v) is 12.7. The number of carbonyl (C=O) groups is 2. The van der Waals surface area contributed by atoms with Gasteiger partial charge in [0.1, 0.15) is 17.2 Å². The van der Waals surface area contributed by atoms with Crippen molar-refractivity contribution in [3.63, 3.8) is 0 Å². The molecule has 5 rings (SSSR count). The van der Waals surface area contributed by atoms with E-state index in [1.54, 1.807) is 60.7 Å². The van der Waals surface area contributed by atoms with Crippen molar-refractivity contribution in [2.75, 3.05) is 5.32 Å². The zero-order valence-electron chi connectivity index (χ0n) is 23.2. The van der Waals surface area contributed by atoms with Crippen molar-refractivity contribution < 1.29 is 32.6 Å². The molecule has 44 heavy (non-hydrogen) atoms. The fourth-order valence-corrected chi connectivity index (χ4v) is 6.49. The van der Waals surface area contributed by atoms with Crippen molar-refractivity contribution >= 4 is 50.8 Å². The van der Waals surface area contributed by atoms with Gasteiger partial charge < -0.3 is 19.9 Å². The number of rotatable bonds is 10. The van der Waals surface area contributed by atoms with Crippen molar-refractivity contribution in [1.29, 1.82) is 0 Å². The summed E-state index contributed by atoms with van der Waals surface area (Å²) >= 11 is 11.9. The Morgan fingerprint density at radius 1 is 0.773 bits per heavy atom. The van der Waals surface area contributed by atoms with E-state index < -0.39 is 21.9 Å². The van der Waals surface area contributed by atoms with Gasteiger partial charge in [-0.3, -0.25) is 4.79 Å². The molecule has 1 aliphatic carbocycles. The first-order chi connectivity index (χ1) is 21.1. The Hall–Kier alpha value is -4.09. The normalized spacial score (nSPS) is 16.6. The number of para-hydroxylation sites is 1. The van der Waals surface area contributed by atoms with Gasteiger partial charge in [0.05, 0.1) is 32.3 Å². The first-order valence-corrected chi connectivity index (χ1v) is 16.0. The number of anilines is 1. The highest BCUT2D eigenvalue weighted by atomic mass is 35.5. The molecule has 12 heteroatoms. The minimum absolute atomic E-state index is 0.00436. The summed E-state index contributed by atoms with van der Waals surface area (Å²) in [6.07, 6.45) is 2.59. The molecule has 0 aromatic heterocycles. The predicted octanol–water partition coefficient (Wildman–Crippen LogP) is 7.40. The third kappa shape index (κ3) is 7.89. The van der Waals surface area contributed by atoms with E-state index in [4.69, 9.17) is 32.7 Å². The fourth-order valence-electron chi connectivity index (χ4n) is 4.79. The molecule has 0 aliphatic heterocycles. The van der Waals surface area contributed by atoms with E-state index in [1.807, 2.05) is 0 Å². The Bertz CT molecular complexity index is 1760. The molecule has 1 amide bonds. The topological polar surface area (TPSA) is 131 Å². The van der Waals surface area contributed by atoms with Crippen LogP contribution in [-0.4, -0.2) is 37.5 Å². The number of hydrogen-bond donors (Lipinski definition) is 3. The molecule has 1 aliphatic rings. The molecule has 1 saturated carbocycles. The van der Waals surface area contributed by atoms with Crippen LogP contribution in [0.1, 0.15) is 46.4 Å². The standard InChI is InChI=1S/C32H28Cl2N2O7S/c33-28-18-17-26(19-29(28)34)44(40,41)36-21-7-11-23(12-8-21)43-25-15-13-24(14-16-25)42-22-9-5-20(6-10-22)31(37)35-30-4-2-1-3-27(30)32(38)39/h1-6,9-10,13-19,21,23,36H,7-8,11-12H2,(H,35,37)(H,38,39). The Labute approximate surface area is 264 Å². The minimum Gasteiger partial charge on any atom is -0.490 e. The van der Waals surface area contributed by atoms with Crippen LogP contribution in [0.4, 0.5) is 5.69 Å². The zero-order chi connectivity index (χ0) is 31.3. The van der Waals surface area contributed by atoms with Gasteiger partial charge in [0.2, 0.25) is 10.0 Å². The lowest BCUT2D eigenvalue weighted by Crippen LogP contribution is -2.39. The first kappa shape index (κ1) is 31.3. The molecule has 0 radical (unpaired) electrons. The van der Waals surface area contributed by atoms with Gasteiger partial charge in [-0.25, -0.2) is 17.9 Å². The van der Waals surface area contributed by atoms with Crippen LogP contribution in [0.25, 0.3) is 0 Å². The lowest BCUT2D eigenvalue weighted by molar-refractivity contribution is 0.0698. The summed E-state index contributed by atoms with van der Waals surface area (Å²) in [4.78, 5) is 24.1. The molecule has 4 aromatic rings. The van der Waals surface area contributed by atoms with Crippen molar-refractivity contribution in [2.24, 2.45) is 0 Å². The Kier molecular flexibility index (Phi) is 9.75.